The van der Waals surface area contributed by atoms with Crippen LogP contribution in [-0.4, -0.2) is 75.6 Å². The van der Waals surface area contributed by atoms with Crippen molar-refractivity contribution in [2.24, 2.45) is 0 Å². The Balaban J connectivity index is -0.000000788. The number of ether oxygens (including phenoxy) is 4. The summed E-state index contributed by atoms with van der Waals surface area (Å²) in [5, 5.41) is 0. The number of cyclic esters (lactones) is 4. The summed E-state index contributed by atoms with van der Waals surface area (Å²) in [6.45, 7) is 26.6. The molecule has 7 aliphatic rings. The molecule has 0 spiro atoms. The van der Waals surface area contributed by atoms with Crippen LogP contribution in [0.1, 0.15) is 147 Å². The van der Waals surface area contributed by atoms with Crippen LogP contribution in [0.5, 0.6) is 0 Å². The fraction of sp³-hybridized carbons (Fsp3) is 0.413. The second kappa shape index (κ2) is 40.7. The third kappa shape index (κ3) is 35.3. The number of hydrogen-bond acceptors (Lipinski definition) is 14. The number of rotatable bonds is 0. The van der Waals surface area contributed by atoms with E-state index in [0.717, 1.165) is 53.5 Å². The molecule has 10 rings (SSSR count). The minimum absolute atomic E-state index is 0. The van der Waals surface area contributed by atoms with E-state index in [0.29, 0.717) is 12.2 Å². The number of hydrogen-bond donors (Lipinski definition) is 0. The molecule has 0 amide bonds. The van der Waals surface area contributed by atoms with Crippen LogP contribution in [0.3, 0.4) is 0 Å². The largest absolute Gasteiger partial charge is 0.472 e. The number of furan rings is 1. The van der Waals surface area contributed by atoms with Crippen molar-refractivity contribution in [1.29, 1.82) is 0 Å². The molecule has 0 fully saturated rings. The van der Waals surface area contributed by atoms with E-state index in [4.69, 9.17) is 23.4 Å². The maximum Gasteiger partial charge on any atom is 0.334 e. The van der Waals surface area contributed by atoms with Crippen molar-refractivity contribution >= 4 is 41.2 Å². The Labute approximate surface area is 460 Å². The Bertz CT molecular complexity index is 2450. The lowest BCUT2D eigenvalue weighted by molar-refractivity contribution is -0.139. The molecule has 14 heteroatoms. The number of nitrogens with zero attached hydrogens (tertiary/aromatic N) is 2. The van der Waals surface area contributed by atoms with Crippen LogP contribution in [0.15, 0.2) is 166 Å². The third-order valence-corrected chi connectivity index (χ3v) is 10.7. The van der Waals surface area contributed by atoms with Crippen LogP contribution < -0.4 is 0 Å². The Hall–Kier alpha value is -7.61. The van der Waals surface area contributed by atoms with Gasteiger partial charge in [0, 0.05) is 67.3 Å². The highest BCUT2D eigenvalue weighted by Gasteiger charge is 2.19. The van der Waals surface area contributed by atoms with Gasteiger partial charge in [-0.15, -0.1) is 0 Å². The standard InChI is InChI=1S/C7H8O.2C6H7N.4C6H8O2.2C6H8O.C5H6O.3CH4/c1-6-2-4-7(8)5-3-6;1-6-2-4-7-5-3-6;1-6-3-2-4-7-5-6;2*1-4-3-6(7)8-5(4)2;2*1-4-3-5(2)8-6(4)7;1-5-2-3-6(7)4-5;1-5-3-2-4-6(5)7;1-5-2-3-6-4-5;;;/h2-4H,5H2,1H3;2*2-5H,1H3;4*3,5H,1-2H3;4H,2-3H2,1H3;3H,2,4H2,1H3;2-4H,1H3;3*1H4/t;;;4*5-;;;;;;/m...1010....../s1. The summed E-state index contributed by atoms with van der Waals surface area (Å²) in [6, 6.07) is 9.81. The lowest BCUT2D eigenvalue weighted by atomic mass is 10.1. The van der Waals surface area contributed by atoms with Crippen molar-refractivity contribution in [2.45, 2.75) is 176 Å². The molecule has 7 heterocycles. The first-order chi connectivity index (χ1) is 34.9. The highest BCUT2D eigenvalue weighted by atomic mass is 16.6. The fourth-order valence-corrected chi connectivity index (χ4v) is 5.94. The number of esters is 4. The van der Waals surface area contributed by atoms with Gasteiger partial charge in [-0.2, -0.15) is 0 Å². The molecule has 422 valence electrons. The van der Waals surface area contributed by atoms with Gasteiger partial charge in [0.2, 0.25) is 0 Å². The number of allylic oxidation sites excluding steroid dienone is 8. The molecule has 14 nitrogen and oxygen atoms in total. The highest BCUT2D eigenvalue weighted by molar-refractivity contribution is 5.97. The van der Waals surface area contributed by atoms with Gasteiger partial charge in [0.15, 0.2) is 17.3 Å². The number of Topliss-reactive ketones (excluding diaryl/α,β-unsaturated/α-hetero) is 1. The van der Waals surface area contributed by atoms with E-state index in [2.05, 4.69) is 9.97 Å². The summed E-state index contributed by atoms with van der Waals surface area (Å²) < 4.78 is 23.7. The SMILES string of the molecule is C.C.C.CC1=CC(=O)CC1.CC1=CC(=O)O[C@@H]1C.CC1=CC(=O)O[C@H]1C.CC1=CCC(=O)C=C1.CC1=CCCC1=O.CC1=C[C@@H](C)OC1=O.CC1=C[C@H](C)OC1=O.Cc1cccnc1.Cc1ccncc1.Cc1ccoc1. The third-order valence-electron chi connectivity index (χ3n) is 10.7. The lowest BCUT2D eigenvalue weighted by Gasteiger charge is -2.00. The molecule has 3 aromatic rings. The Morgan fingerprint density at radius 3 is 1.19 bits per heavy atom. The van der Waals surface area contributed by atoms with Gasteiger partial charge >= 0.3 is 23.9 Å². The van der Waals surface area contributed by atoms with Crippen LogP contribution in [-0.2, 0) is 52.5 Å². The molecule has 4 aliphatic heterocycles. The molecule has 0 aromatic carbocycles. The Kier molecular flexibility index (Phi) is 38.9. The second-order valence-corrected chi connectivity index (χ2v) is 18.0. The smallest absolute Gasteiger partial charge is 0.334 e. The first kappa shape index (κ1) is 73.6. The van der Waals surface area contributed by atoms with Gasteiger partial charge in [-0.3, -0.25) is 24.4 Å². The van der Waals surface area contributed by atoms with Crippen LogP contribution in [0.25, 0.3) is 0 Å². The Morgan fingerprint density at radius 1 is 0.506 bits per heavy atom. The Morgan fingerprint density at radius 2 is 1.04 bits per heavy atom. The number of pyridine rings is 2. The molecule has 0 N–H and O–H groups in total. The van der Waals surface area contributed by atoms with Gasteiger partial charge in [0.25, 0.3) is 0 Å². The number of carbonyl (C=O) groups is 7. The molecule has 0 unspecified atom stereocenters. The van der Waals surface area contributed by atoms with E-state index < -0.39 is 0 Å². The topological polar surface area (TPSA) is 195 Å². The van der Waals surface area contributed by atoms with E-state index in [1.54, 1.807) is 57.1 Å². The monoisotopic (exact) mass is 1060 g/mol. The van der Waals surface area contributed by atoms with Gasteiger partial charge in [0.1, 0.15) is 24.4 Å². The molecule has 3 aliphatic carbocycles. The first-order valence-electron chi connectivity index (χ1n) is 24.4. The van der Waals surface area contributed by atoms with Crippen molar-refractivity contribution in [3.63, 3.8) is 0 Å². The van der Waals surface area contributed by atoms with Crippen molar-refractivity contribution in [1.82, 2.24) is 9.97 Å². The predicted octanol–water partition coefficient (Wildman–Crippen LogP) is 13.8. The van der Waals surface area contributed by atoms with Crippen LogP contribution >= 0.6 is 0 Å². The minimum atomic E-state index is -0.213. The van der Waals surface area contributed by atoms with Crippen molar-refractivity contribution in [2.75, 3.05) is 0 Å². The lowest BCUT2D eigenvalue weighted by Crippen LogP contribution is -2.03. The highest BCUT2D eigenvalue weighted by Crippen LogP contribution is 2.15. The average molecular weight is 1070 g/mol. The van der Waals surface area contributed by atoms with Crippen molar-refractivity contribution in [3.8, 4) is 0 Å². The maximum absolute atomic E-state index is 10.5. The molecule has 0 saturated heterocycles. The summed E-state index contributed by atoms with van der Waals surface area (Å²) in [4.78, 5) is 80.8. The number of aromatic nitrogens is 2. The average Bonchev–Trinajstić information content (AvgIpc) is 4.24. The van der Waals surface area contributed by atoms with Gasteiger partial charge in [0.05, 0.1) is 12.5 Å². The number of carbonyl (C=O) groups excluding carboxylic acids is 7. The molecular formula is C63H88N2O12. The molecular weight excluding hydrogens is 977 g/mol. The molecule has 0 radical (unpaired) electrons. The zero-order valence-electron chi connectivity index (χ0n) is 45.7. The molecule has 0 saturated carbocycles. The molecule has 3 aromatic heterocycles. The second-order valence-electron chi connectivity index (χ2n) is 18.0. The van der Waals surface area contributed by atoms with E-state index in [9.17, 15) is 33.6 Å². The predicted molar refractivity (Wildman–Crippen MR) is 307 cm³/mol. The van der Waals surface area contributed by atoms with Crippen molar-refractivity contribution in [3.05, 3.63) is 178 Å². The van der Waals surface area contributed by atoms with Crippen LogP contribution in [0.4, 0.5) is 0 Å². The normalized spacial score (nSPS) is 19.3. The molecule has 4 atom stereocenters. The summed E-state index contributed by atoms with van der Waals surface area (Å²) in [6.07, 6.45) is 30.3. The van der Waals surface area contributed by atoms with Crippen LogP contribution in [0, 0.1) is 20.8 Å². The summed E-state index contributed by atoms with van der Waals surface area (Å²) >= 11 is 0. The van der Waals surface area contributed by atoms with E-state index in [1.807, 2.05) is 150 Å². The van der Waals surface area contributed by atoms with E-state index >= 15 is 0 Å². The minimum Gasteiger partial charge on any atom is -0.472 e. The molecule has 77 heavy (non-hydrogen) atoms. The van der Waals surface area contributed by atoms with Gasteiger partial charge in [-0.1, -0.05) is 57.7 Å². The summed E-state index contributed by atoms with van der Waals surface area (Å²) in [7, 11) is 0. The van der Waals surface area contributed by atoms with Gasteiger partial charge in [-0.25, -0.2) is 19.2 Å². The summed E-state index contributed by atoms with van der Waals surface area (Å²) in [5.41, 5.74) is 10.5. The fourth-order valence-electron chi connectivity index (χ4n) is 5.94. The zero-order valence-corrected chi connectivity index (χ0v) is 45.7. The zero-order chi connectivity index (χ0) is 55.8. The van der Waals surface area contributed by atoms with Gasteiger partial charge < -0.3 is 23.4 Å². The number of aryl methyl sites for hydroxylation is 3. The van der Waals surface area contributed by atoms with E-state index in [1.165, 1.54) is 40.0 Å². The summed E-state index contributed by atoms with van der Waals surface area (Å²) in [5.74, 6) is 0.0214. The first-order valence-corrected chi connectivity index (χ1v) is 24.4. The number of ketones is 3. The quantitative estimate of drug-likeness (QED) is 0.152. The van der Waals surface area contributed by atoms with Gasteiger partial charge in [-0.05, 0) is 192 Å². The van der Waals surface area contributed by atoms with Crippen molar-refractivity contribution < 1.29 is 56.9 Å². The van der Waals surface area contributed by atoms with E-state index in [-0.39, 0.29) is 82.1 Å². The maximum atomic E-state index is 10.5. The molecule has 0 bridgehead atoms. The van der Waals surface area contributed by atoms with Crippen LogP contribution in [0.2, 0.25) is 0 Å².